The van der Waals surface area contributed by atoms with Crippen molar-refractivity contribution in [1.29, 1.82) is 0 Å². The zero-order chi connectivity index (χ0) is 23.7. The van der Waals surface area contributed by atoms with Crippen molar-refractivity contribution in [3.63, 3.8) is 0 Å². The van der Waals surface area contributed by atoms with Crippen LogP contribution in [0.5, 0.6) is 0 Å². The van der Waals surface area contributed by atoms with E-state index in [9.17, 15) is 0 Å². The number of nitrogens with zero attached hydrogens (tertiary/aromatic N) is 5. The number of hydrogen-bond acceptors (Lipinski definition) is 5. The maximum atomic E-state index is 5.10. The van der Waals surface area contributed by atoms with Crippen LogP contribution in [0.2, 0.25) is 0 Å². The molecule has 2 N–H and O–H groups in total. The third-order valence-corrected chi connectivity index (χ3v) is 7.12. The summed E-state index contributed by atoms with van der Waals surface area (Å²) >= 11 is 0. The van der Waals surface area contributed by atoms with E-state index in [0.29, 0.717) is 12.0 Å². The van der Waals surface area contributed by atoms with Crippen LogP contribution in [0.1, 0.15) is 42.9 Å². The summed E-state index contributed by atoms with van der Waals surface area (Å²) in [6.07, 6.45) is 11.7. The van der Waals surface area contributed by atoms with Gasteiger partial charge in [-0.05, 0) is 49.1 Å². The summed E-state index contributed by atoms with van der Waals surface area (Å²) in [5, 5.41) is 16.8. The molecule has 0 spiro atoms. The lowest BCUT2D eigenvalue weighted by atomic mass is 9.82. The Kier molecular flexibility index (Phi) is 6.09. The average Bonchev–Trinajstić information content (AvgIpc) is 3.47. The van der Waals surface area contributed by atoms with Crippen molar-refractivity contribution < 1.29 is 0 Å². The van der Waals surface area contributed by atoms with Crippen LogP contribution in [0.25, 0.3) is 27.9 Å². The van der Waals surface area contributed by atoms with Crippen molar-refractivity contribution in [2.24, 2.45) is 13.0 Å². The van der Waals surface area contributed by atoms with E-state index in [-0.39, 0.29) is 0 Å². The second-order valence-electron chi connectivity index (χ2n) is 9.34. The number of hydrogen-bond donors (Lipinski definition) is 2. The van der Waals surface area contributed by atoms with Gasteiger partial charge in [-0.15, -0.1) is 0 Å². The van der Waals surface area contributed by atoms with E-state index in [4.69, 9.17) is 5.10 Å². The van der Waals surface area contributed by atoms with Crippen molar-refractivity contribution in [2.45, 2.75) is 38.1 Å². The van der Waals surface area contributed by atoms with E-state index < -0.39 is 0 Å². The lowest BCUT2D eigenvalue weighted by molar-refractivity contribution is 0.265. The number of nitrogens with one attached hydrogen (secondary N) is 2. The minimum atomic E-state index is 0.401. The van der Waals surface area contributed by atoms with E-state index in [1.54, 1.807) is 0 Å². The van der Waals surface area contributed by atoms with Crippen LogP contribution in [0.3, 0.4) is 0 Å². The lowest BCUT2D eigenvalue weighted by Crippen LogP contribution is -2.20. The summed E-state index contributed by atoms with van der Waals surface area (Å²) in [5.74, 6) is 1.58. The number of aromatic nitrogens is 5. The molecule has 1 saturated carbocycles. The van der Waals surface area contributed by atoms with Gasteiger partial charge in [-0.1, -0.05) is 30.8 Å². The second-order valence-corrected chi connectivity index (χ2v) is 9.34. The van der Waals surface area contributed by atoms with Gasteiger partial charge in [0, 0.05) is 56.2 Å². The van der Waals surface area contributed by atoms with Crippen molar-refractivity contribution in [3.8, 4) is 11.3 Å². The molecule has 7 heteroatoms. The zero-order valence-corrected chi connectivity index (χ0v) is 20.3. The lowest BCUT2D eigenvalue weighted by Gasteiger charge is -2.29. The van der Waals surface area contributed by atoms with E-state index in [2.05, 4.69) is 62.3 Å². The number of pyridine rings is 1. The molecule has 0 amide bonds. The van der Waals surface area contributed by atoms with E-state index in [1.165, 1.54) is 18.4 Å². The van der Waals surface area contributed by atoms with Crippen LogP contribution < -0.4 is 10.6 Å². The van der Waals surface area contributed by atoms with Gasteiger partial charge in [-0.3, -0.25) is 9.36 Å². The van der Waals surface area contributed by atoms with Crippen molar-refractivity contribution in [2.75, 3.05) is 19.4 Å². The Labute approximate surface area is 200 Å². The van der Waals surface area contributed by atoms with E-state index >= 15 is 0 Å². The van der Waals surface area contributed by atoms with Gasteiger partial charge in [0.2, 0.25) is 0 Å². The van der Waals surface area contributed by atoms with Gasteiger partial charge < -0.3 is 10.6 Å². The van der Waals surface area contributed by atoms with Gasteiger partial charge in [0.05, 0.1) is 17.8 Å². The highest BCUT2D eigenvalue weighted by molar-refractivity contribution is 5.93. The predicted molar refractivity (Wildman–Crippen MR) is 139 cm³/mol. The Bertz CT molecular complexity index is 1290. The minimum absolute atomic E-state index is 0.401. The highest BCUT2D eigenvalue weighted by atomic mass is 15.3. The summed E-state index contributed by atoms with van der Waals surface area (Å²) in [4.78, 5) is 4.56. The molecule has 0 unspecified atom stereocenters. The molecule has 3 heterocycles. The Morgan fingerprint density at radius 1 is 1.09 bits per heavy atom. The first-order chi connectivity index (χ1) is 16.6. The van der Waals surface area contributed by atoms with Gasteiger partial charge in [-0.25, -0.2) is 4.98 Å². The molecule has 7 nitrogen and oxygen atoms in total. The molecule has 34 heavy (non-hydrogen) atoms. The molecule has 0 bridgehead atoms. The smallest absolute Gasteiger partial charge is 0.127 e. The van der Waals surface area contributed by atoms with Gasteiger partial charge in [-0.2, -0.15) is 10.2 Å². The minimum Gasteiger partial charge on any atom is -0.388 e. The Hall–Kier alpha value is -3.61. The molecule has 1 aromatic carbocycles. The van der Waals surface area contributed by atoms with E-state index in [0.717, 1.165) is 58.5 Å². The first kappa shape index (κ1) is 22.2. The fourth-order valence-electron chi connectivity index (χ4n) is 5.12. The Balaban J connectivity index is 1.34. The molecule has 3 aromatic heterocycles. The maximum Gasteiger partial charge on any atom is 0.127 e. The van der Waals surface area contributed by atoms with Crippen molar-refractivity contribution >= 4 is 22.4 Å². The molecule has 0 saturated heterocycles. The third-order valence-electron chi connectivity index (χ3n) is 7.12. The zero-order valence-electron chi connectivity index (χ0n) is 20.3. The largest absolute Gasteiger partial charge is 0.388 e. The van der Waals surface area contributed by atoms with Crippen LogP contribution in [0, 0.1) is 5.92 Å². The standard InChI is InChI=1S/C27H33N7/c1-18(28-2)21-9-5-19(6-10-21)13-20-7-11-23(12-8-20)34-25-14-26(29-3)30-16-24(25)27(32-34)22-15-31-33(4)17-22/h5-6,9-10,14-17,20,23,28H,1,7-8,11-13H2,2-4H3,(H,29,30). The fourth-order valence-corrected chi connectivity index (χ4v) is 5.12. The number of fused-ring (bicyclic) bond motifs is 1. The van der Waals surface area contributed by atoms with Crippen LogP contribution in [0.4, 0.5) is 5.82 Å². The fraction of sp³-hybridized carbons (Fsp3) is 0.370. The molecule has 4 aromatic rings. The highest BCUT2D eigenvalue weighted by Gasteiger charge is 2.26. The molecule has 1 fully saturated rings. The molecule has 5 rings (SSSR count). The first-order valence-electron chi connectivity index (χ1n) is 12.1. The summed E-state index contributed by atoms with van der Waals surface area (Å²) in [6.45, 7) is 4.05. The molecular formula is C27H33N7. The molecule has 0 atom stereocenters. The summed E-state index contributed by atoms with van der Waals surface area (Å²) in [7, 11) is 5.75. The summed E-state index contributed by atoms with van der Waals surface area (Å²) in [6, 6.07) is 11.4. The highest BCUT2D eigenvalue weighted by Crippen LogP contribution is 2.38. The van der Waals surface area contributed by atoms with E-state index in [1.807, 2.05) is 44.4 Å². The molecule has 0 radical (unpaired) electrons. The SMILES string of the molecule is C=C(NC)c1ccc(CC2CCC(n3nc(-c4cnn(C)c4)c4cnc(NC)cc43)CC2)cc1. The van der Waals surface area contributed by atoms with Crippen LogP contribution in [-0.4, -0.2) is 38.6 Å². The third kappa shape index (κ3) is 4.30. The predicted octanol–water partition coefficient (Wildman–Crippen LogP) is 5.04. The average molecular weight is 456 g/mol. The maximum absolute atomic E-state index is 5.10. The normalized spacial score (nSPS) is 18.2. The van der Waals surface area contributed by atoms with Gasteiger partial charge in [0.25, 0.3) is 0 Å². The number of rotatable bonds is 7. The topological polar surface area (TPSA) is 72.6 Å². The van der Waals surface area contributed by atoms with Crippen LogP contribution >= 0.6 is 0 Å². The second kappa shape index (κ2) is 9.33. The quantitative estimate of drug-likeness (QED) is 0.409. The molecule has 1 aliphatic carbocycles. The number of benzene rings is 1. The summed E-state index contributed by atoms with van der Waals surface area (Å²) < 4.78 is 4.07. The first-order valence-corrected chi connectivity index (χ1v) is 12.1. The Morgan fingerprint density at radius 2 is 1.85 bits per heavy atom. The van der Waals surface area contributed by atoms with Crippen molar-refractivity contribution in [3.05, 3.63) is 66.6 Å². The van der Waals surface area contributed by atoms with Gasteiger partial charge in [0.1, 0.15) is 11.5 Å². The van der Waals surface area contributed by atoms with Crippen LogP contribution in [-0.2, 0) is 13.5 Å². The molecule has 176 valence electrons. The summed E-state index contributed by atoms with van der Waals surface area (Å²) in [5.41, 5.74) is 6.65. The molecule has 1 aliphatic rings. The van der Waals surface area contributed by atoms with Crippen LogP contribution in [0.15, 0.2) is 55.5 Å². The number of anilines is 1. The Morgan fingerprint density at radius 3 is 2.50 bits per heavy atom. The molecular weight excluding hydrogens is 422 g/mol. The van der Waals surface area contributed by atoms with Gasteiger partial charge in [0.15, 0.2) is 0 Å². The van der Waals surface area contributed by atoms with Gasteiger partial charge >= 0.3 is 0 Å². The van der Waals surface area contributed by atoms with Crippen molar-refractivity contribution in [1.82, 2.24) is 29.9 Å². The number of aryl methyl sites for hydroxylation is 1. The molecule has 0 aliphatic heterocycles. The monoisotopic (exact) mass is 455 g/mol.